The lowest BCUT2D eigenvalue weighted by atomic mass is 9.87. The fourth-order valence-electron chi connectivity index (χ4n) is 5.92. The number of hydrogen-bond acceptors (Lipinski definition) is 5. The highest BCUT2D eigenvalue weighted by molar-refractivity contribution is 5.96. The SMILES string of the molecule is COC[C@@H]1CCCN1C(=O)c1ccc(-c2cc(CC(=O)C3(c4ccc5c(c4)OCO5)CC3)ccc2C)cc1. The van der Waals surface area contributed by atoms with E-state index >= 15 is 0 Å². The molecule has 0 spiro atoms. The van der Waals surface area contributed by atoms with E-state index in [1.54, 1.807) is 7.11 Å². The van der Waals surface area contributed by atoms with E-state index in [4.69, 9.17) is 14.2 Å². The van der Waals surface area contributed by atoms with E-state index in [0.717, 1.165) is 71.5 Å². The number of benzene rings is 3. The first-order chi connectivity index (χ1) is 18.5. The molecule has 2 heterocycles. The lowest BCUT2D eigenvalue weighted by Crippen LogP contribution is -2.38. The van der Waals surface area contributed by atoms with Crippen molar-refractivity contribution in [2.24, 2.45) is 0 Å². The van der Waals surface area contributed by atoms with Crippen LogP contribution in [0.4, 0.5) is 0 Å². The molecular weight excluding hydrogens is 478 g/mol. The van der Waals surface area contributed by atoms with Crippen LogP contribution in [0, 0.1) is 6.92 Å². The van der Waals surface area contributed by atoms with Gasteiger partial charge in [0.2, 0.25) is 6.79 Å². The van der Waals surface area contributed by atoms with E-state index in [0.29, 0.717) is 18.6 Å². The summed E-state index contributed by atoms with van der Waals surface area (Å²) in [6.07, 6.45) is 4.11. The second kappa shape index (κ2) is 9.91. The Kier molecular flexibility index (Phi) is 6.44. The van der Waals surface area contributed by atoms with Crippen molar-refractivity contribution < 1.29 is 23.8 Å². The van der Waals surface area contributed by atoms with Gasteiger partial charge >= 0.3 is 0 Å². The summed E-state index contributed by atoms with van der Waals surface area (Å²) >= 11 is 0. The van der Waals surface area contributed by atoms with Crippen LogP contribution >= 0.6 is 0 Å². The minimum absolute atomic E-state index is 0.0606. The van der Waals surface area contributed by atoms with Gasteiger partial charge in [-0.2, -0.15) is 0 Å². The summed E-state index contributed by atoms with van der Waals surface area (Å²) in [5.41, 5.74) is 5.55. The van der Waals surface area contributed by atoms with Crippen LogP contribution in [0.25, 0.3) is 11.1 Å². The zero-order valence-corrected chi connectivity index (χ0v) is 22.0. The summed E-state index contributed by atoms with van der Waals surface area (Å²) in [6, 6.07) is 20.1. The maximum atomic E-state index is 13.5. The van der Waals surface area contributed by atoms with Crippen LogP contribution in [0.2, 0.25) is 0 Å². The van der Waals surface area contributed by atoms with Gasteiger partial charge < -0.3 is 19.1 Å². The highest BCUT2D eigenvalue weighted by Gasteiger charge is 2.50. The molecule has 0 N–H and O–H groups in total. The molecule has 2 aliphatic heterocycles. The van der Waals surface area contributed by atoms with Crippen LogP contribution in [0.5, 0.6) is 11.5 Å². The Hall–Kier alpha value is -3.64. The van der Waals surface area contributed by atoms with Crippen LogP contribution < -0.4 is 9.47 Å². The fraction of sp³-hybridized carbons (Fsp3) is 0.375. The van der Waals surface area contributed by atoms with E-state index in [-0.39, 0.29) is 24.5 Å². The molecule has 0 radical (unpaired) electrons. The lowest BCUT2D eigenvalue weighted by Gasteiger charge is -2.24. The van der Waals surface area contributed by atoms with Crippen LogP contribution in [0.1, 0.15) is 52.7 Å². The minimum Gasteiger partial charge on any atom is -0.454 e. The van der Waals surface area contributed by atoms with Gasteiger partial charge in [-0.1, -0.05) is 36.4 Å². The van der Waals surface area contributed by atoms with Crippen molar-refractivity contribution in [1.82, 2.24) is 4.90 Å². The third-order valence-corrected chi connectivity index (χ3v) is 8.32. The van der Waals surface area contributed by atoms with Gasteiger partial charge in [0.05, 0.1) is 18.1 Å². The van der Waals surface area contributed by atoms with E-state index in [1.165, 1.54) is 0 Å². The predicted molar refractivity (Wildman–Crippen MR) is 145 cm³/mol. The molecule has 0 unspecified atom stereocenters. The number of Topliss-reactive ketones (excluding diaryl/α,β-unsaturated/α-hetero) is 1. The molecule has 0 bridgehead atoms. The molecular formula is C32H33NO5. The molecule has 3 aromatic rings. The third-order valence-electron chi connectivity index (χ3n) is 8.32. The van der Waals surface area contributed by atoms with Gasteiger partial charge in [-0.15, -0.1) is 0 Å². The molecule has 3 aliphatic rings. The Morgan fingerprint density at radius 3 is 2.55 bits per heavy atom. The average molecular weight is 512 g/mol. The molecule has 1 atom stereocenters. The van der Waals surface area contributed by atoms with Gasteiger partial charge in [-0.3, -0.25) is 9.59 Å². The van der Waals surface area contributed by atoms with Crippen molar-refractivity contribution in [3.05, 3.63) is 82.9 Å². The monoisotopic (exact) mass is 511 g/mol. The van der Waals surface area contributed by atoms with Crippen molar-refractivity contribution in [1.29, 1.82) is 0 Å². The van der Waals surface area contributed by atoms with Crippen LogP contribution in [0.3, 0.4) is 0 Å². The first kappa shape index (κ1) is 24.7. The second-order valence-corrected chi connectivity index (χ2v) is 10.7. The minimum atomic E-state index is -0.426. The molecule has 6 heteroatoms. The van der Waals surface area contributed by atoms with Gasteiger partial charge in [0.25, 0.3) is 5.91 Å². The number of ketones is 1. The molecule has 196 valence electrons. The summed E-state index contributed by atoms with van der Waals surface area (Å²) in [6.45, 7) is 3.66. The molecule has 6 rings (SSSR count). The summed E-state index contributed by atoms with van der Waals surface area (Å²) in [5, 5.41) is 0. The maximum Gasteiger partial charge on any atom is 0.254 e. The van der Waals surface area contributed by atoms with Crippen LogP contribution in [-0.4, -0.2) is 49.7 Å². The van der Waals surface area contributed by atoms with E-state index in [2.05, 4.69) is 19.1 Å². The number of amides is 1. The zero-order valence-electron chi connectivity index (χ0n) is 22.0. The van der Waals surface area contributed by atoms with Crippen LogP contribution in [-0.2, 0) is 21.4 Å². The molecule has 1 saturated heterocycles. The number of ether oxygens (including phenoxy) is 3. The van der Waals surface area contributed by atoms with Crippen molar-refractivity contribution in [3.63, 3.8) is 0 Å². The van der Waals surface area contributed by atoms with Gasteiger partial charge in [-0.25, -0.2) is 0 Å². The quantitative estimate of drug-likeness (QED) is 0.400. The number of carbonyl (C=O) groups is 2. The molecule has 6 nitrogen and oxygen atoms in total. The van der Waals surface area contributed by atoms with Gasteiger partial charge in [0, 0.05) is 25.6 Å². The topological polar surface area (TPSA) is 65.1 Å². The first-order valence-corrected chi connectivity index (χ1v) is 13.4. The number of carbonyl (C=O) groups excluding carboxylic acids is 2. The third kappa shape index (κ3) is 4.47. The highest BCUT2D eigenvalue weighted by atomic mass is 16.7. The number of nitrogens with zero attached hydrogens (tertiary/aromatic N) is 1. The Bertz CT molecular complexity index is 1380. The molecule has 2 fully saturated rings. The van der Waals surface area contributed by atoms with E-state index in [1.807, 2.05) is 53.4 Å². The molecule has 1 aliphatic carbocycles. The van der Waals surface area contributed by atoms with E-state index in [9.17, 15) is 9.59 Å². The molecule has 3 aromatic carbocycles. The largest absolute Gasteiger partial charge is 0.454 e. The second-order valence-electron chi connectivity index (χ2n) is 10.7. The van der Waals surface area contributed by atoms with Gasteiger partial charge in [-0.05, 0) is 84.7 Å². The van der Waals surface area contributed by atoms with E-state index < -0.39 is 5.41 Å². The lowest BCUT2D eigenvalue weighted by molar-refractivity contribution is -0.120. The number of hydrogen-bond donors (Lipinski definition) is 0. The fourth-order valence-corrected chi connectivity index (χ4v) is 5.92. The zero-order chi connectivity index (χ0) is 26.3. The number of likely N-dealkylation sites (tertiary alicyclic amines) is 1. The number of aryl methyl sites for hydroxylation is 1. The normalized spacial score (nSPS) is 19.0. The summed E-state index contributed by atoms with van der Waals surface area (Å²) < 4.78 is 16.3. The number of methoxy groups -OCH3 is 1. The Labute approximate surface area is 223 Å². The van der Waals surface area contributed by atoms with Gasteiger partial charge in [0.1, 0.15) is 5.78 Å². The smallest absolute Gasteiger partial charge is 0.254 e. The standard InChI is InChI=1S/C32H33NO5/c1-21-5-6-22(17-30(34)32(13-14-32)25-11-12-28-29(18-25)38-20-37-28)16-27(21)23-7-9-24(10-8-23)31(35)33-15-3-4-26(33)19-36-2/h5-12,16,18,26H,3-4,13-15,17,19-20H2,1-2H3/t26-/m0/s1. The highest BCUT2D eigenvalue weighted by Crippen LogP contribution is 2.51. The summed E-state index contributed by atoms with van der Waals surface area (Å²) in [5.74, 6) is 1.76. The van der Waals surface area contributed by atoms with Crippen molar-refractivity contribution in [3.8, 4) is 22.6 Å². The Morgan fingerprint density at radius 1 is 1.00 bits per heavy atom. The molecule has 1 amide bonds. The van der Waals surface area contributed by atoms with Crippen LogP contribution in [0.15, 0.2) is 60.7 Å². The Balaban J connectivity index is 1.19. The summed E-state index contributed by atoms with van der Waals surface area (Å²) in [7, 11) is 1.68. The van der Waals surface area contributed by atoms with Crippen molar-refractivity contribution in [2.45, 2.75) is 50.5 Å². The number of fused-ring (bicyclic) bond motifs is 1. The molecule has 1 saturated carbocycles. The molecule has 0 aromatic heterocycles. The van der Waals surface area contributed by atoms with Crippen molar-refractivity contribution in [2.75, 3.05) is 27.1 Å². The average Bonchev–Trinajstić information content (AvgIpc) is 3.39. The Morgan fingerprint density at radius 2 is 1.79 bits per heavy atom. The molecule has 38 heavy (non-hydrogen) atoms. The van der Waals surface area contributed by atoms with Crippen molar-refractivity contribution >= 4 is 11.7 Å². The number of rotatable bonds is 8. The van der Waals surface area contributed by atoms with Gasteiger partial charge in [0.15, 0.2) is 11.5 Å². The maximum absolute atomic E-state index is 13.5. The first-order valence-electron chi connectivity index (χ1n) is 13.4. The summed E-state index contributed by atoms with van der Waals surface area (Å²) in [4.78, 5) is 28.6. The predicted octanol–water partition coefficient (Wildman–Crippen LogP) is 5.49.